The molecule has 106 valence electrons. The second-order valence-electron chi connectivity index (χ2n) is 4.44. The Morgan fingerprint density at radius 3 is 2.70 bits per heavy atom. The van der Waals surface area contributed by atoms with E-state index in [9.17, 15) is 0 Å². The summed E-state index contributed by atoms with van der Waals surface area (Å²) in [5, 5.41) is 3.35. The van der Waals surface area contributed by atoms with E-state index in [-0.39, 0.29) is 0 Å². The highest BCUT2D eigenvalue weighted by atomic mass is 32.2. The first-order chi connectivity index (χ1) is 9.88. The third kappa shape index (κ3) is 5.27. The van der Waals surface area contributed by atoms with Crippen LogP contribution in [0.15, 0.2) is 59.5 Å². The van der Waals surface area contributed by atoms with Crippen molar-refractivity contribution in [3.05, 3.63) is 60.2 Å². The average Bonchev–Trinajstić information content (AvgIpc) is 2.51. The predicted molar refractivity (Wildman–Crippen MR) is 86.5 cm³/mol. The monoisotopic (exact) mass is 287 g/mol. The summed E-state index contributed by atoms with van der Waals surface area (Å²) in [6.45, 7) is 4.79. The number of benzene rings is 2. The van der Waals surface area contributed by atoms with Gasteiger partial charge >= 0.3 is 0 Å². The standard InChI is InChI=1S/C17H21NOS/c1-2-18-14-15-7-6-10-17(13-15)20-12-11-19-16-8-4-3-5-9-16/h3-10,13,18H,2,11-12,14H2,1H3. The summed E-state index contributed by atoms with van der Waals surface area (Å²) < 4.78 is 5.69. The van der Waals surface area contributed by atoms with E-state index in [0.29, 0.717) is 0 Å². The Labute approximate surface area is 125 Å². The van der Waals surface area contributed by atoms with Gasteiger partial charge < -0.3 is 10.1 Å². The number of thioether (sulfide) groups is 1. The van der Waals surface area contributed by atoms with Gasteiger partial charge in [-0.2, -0.15) is 0 Å². The van der Waals surface area contributed by atoms with Crippen LogP contribution in [0.25, 0.3) is 0 Å². The van der Waals surface area contributed by atoms with Crippen molar-refractivity contribution in [2.45, 2.75) is 18.4 Å². The predicted octanol–water partition coefficient (Wildman–Crippen LogP) is 3.97. The molecule has 2 rings (SSSR count). The highest BCUT2D eigenvalue weighted by Gasteiger charge is 1.98. The lowest BCUT2D eigenvalue weighted by Crippen LogP contribution is -2.11. The van der Waals surface area contributed by atoms with Crippen LogP contribution in [0.5, 0.6) is 5.75 Å². The van der Waals surface area contributed by atoms with Crippen LogP contribution in [-0.4, -0.2) is 18.9 Å². The van der Waals surface area contributed by atoms with Crippen LogP contribution in [0.4, 0.5) is 0 Å². The van der Waals surface area contributed by atoms with Crippen molar-refractivity contribution in [1.82, 2.24) is 5.32 Å². The van der Waals surface area contributed by atoms with Crippen LogP contribution in [0.3, 0.4) is 0 Å². The van der Waals surface area contributed by atoms with Crippen LogP contribution in [-0.2, 0) is 6.54 Å². The van der Waals surface area contributed by atoms with Crippen LogP contribution in [0.2, 0.25) is 0 Å². The van der Waals surface area contributed by atoms with Crippen molar-refractivity contribution in [2.75, 3.05) is 18.9 Å². The van der Waals surface area contributed by atoms with Crippen LogP contribution >= 0.6 is 11.8 Å². The van der Waals surface area contributed by atoms with Gasteiger partial charge in [-0.15, -0.1) is 11.8 Å². The molecule has 2 aromatic carbocycles. The third-order valence-corrected chi connectivity index (χ3v) is 3.80. The minimum Gasteiger partial charge on any atom is -0.493 e. The number of hydrogen-bond acceptors (Lipinski definition) is 3. The average molecular weight is 287 g/mol. The lowest BCUT2D eigenvalue weighted by atomic mass is 10.2. The molecule has 0 saturated carbocycles. The summed E-state index contributed by atoms with van der Waals surface area (Å²) in [4.78, 5) is 1.30. The topological polar surface area (TPSA) is 21.3 Å². The molecule has 0 radical (unpaired) electrons. The maximum atomic E-state index is 5.69. The molecule has 0 aromatic heterocycles. The Morgan fingerprint density at radius 2 is 1.90 bits per heavy atom. The molecule has 0 bridgehead atoms. The molecular weight excluding hydrogens is 266 g/mol. The summed E-state index contributed by atoms with van der Waals surface area (Å²) in [5.74, 6) is 1.90. The molecule has 0 aliphatic heterocycles. The third-order valence-electron chi connectivity index (χ3n) is 2.84. The van der Waals surface area contributed by atoms with Crippen molar-refractivity contribution in [3.63, 3.8) is 0 Å². The first-order valence-corrected chi connectivity index (χ1v) is 7.97. The minimum absolute atomic E-state index is 0.728. The zero-order valence-corrected chi connectivity index (χ0v) is 12.7. The van der Waals surface area contributed by atoms with E-state index in [1.54, 1.807) is 0 Å². The normalized spacial score (nSPS) is 10.4. The molecule has 0 atom stereocenters. The molecule has 0 heterocycles. The van der Waals surface area contributed by atoms with Crippen molar-refractivity contribution >= 4 is 11.8 Å². The van der Waals surface area contributed by atoms with Gasteiger partial charge in [0.25, 0.3) is 0 Å². The highest BCUT2D eigenvalue weighted by Crippen LogP contribution is 2.19. The maximum absolute atomic E-state index is 5.69. The molecule has 0 spiro atoms. The van der Waals surface area contributed by atoms with Gasteiger partial charge in [-0.25, -0.2) is 0 Å². The zero-order chi connectivity index (χ0) is 14.0. The summed E-state index contributed by atoms with van der Waals surface area (Å²) in [5.41, 5.74) is 1.33. The lowest BCUT2D eigenvalue weighted by Gasteiger charge is -2.07. The molecule has 0 saturated heterocycles. The van der Waals surface area contributed by atoms with E-state index in [4.69, 9.17) is 4.74 Å². The first kappa shape index (κ1) is 14.9. The van der Waals surface area contributed by atoms with Crippen molar-refractivity contribution in [2.24, 2.45) is 0 Å². The lowest BCUT2D eigenvalue weighted by molar-refractivity contribution is 0.344. The van der Waals surface area contributed by atoms with Gasteiger partial charge in [-0.05, 0) is 36.4 Å². The molecule has 2 nitrogen and oxygen atoms in total. The Bertz CT molecular complexity index is 501. The summed E-state index contributed by atoms with van der Waals surface area (Å²) in [7, 11) is 0. The molecule has 0 aliphatic carbocycles. The number of ether oxygens (including phenoxy) is 1. The minimum atomic E-state index is 0.728. The molecular formula is C17H21NOS. The molecule has 2 aromatic rings. The number of rotatable bonds is 8. The molecule has 0 amide bonds. The van der Waals surface area contributed by atoms with Crippen LogP contribution in [0, 0.1) is 0 Å². The highest BCUT2D eigenvalue weighted by molar-refractivity contribution is 7.99. The SMILES string of the molecule is CCNCc1cccc(SCCOc2ccccc2)c1. The van der Waals surface area contributed by atoms with E-state index >= 15 is 0 Å². The molecule has 1 N–H and O–H groups in total. The van der Waals surface area contributed by atoms with Crippen LogP contribution in [0.1, 0.15) is 12.5 Å². The number of para-hydroxylation sites is 1. The summed E-state index contributed by atoms with van der Waals surface area (Å²) in [6, 6.07) is 18.6. The zero-order valence-electron chi connectivity index (χ0n) is 11.8. The van der Waals surface area contributed by atoms with Gasteiger partial charge in [0, 0.05) is 17.2 Å². The summed E-state index contributed by atoms with van der Waals surface area (Å²) >= 11 is 1.83. The fraction of sp³-hybridized carbons (Fsp3) is 0.294. The van der Waals surface area contributed by atoms with Gasteiger partial charge in [-0.1, -0.05) is 37.3 Å². The molecule has 20 heavy (non-hydrogen) atoms. The molecule has 0 unspecified atom stereocenters. The van der Waals surface area contributed by atoms with Gasteiger partial charge in [-0.3, -0.25) is 0 Å². The second kappa shape index (κ2) is 8.67. The maximum Gasteiger partial charge on any atom is 0.119 e. The van der Waals surface area contributed by atoms with Crippen LogP contribution < -0.4 is 10.1 Å². The van der Waals surface area contributed by atoms with Gasteiger partial charge in [0.2, 0.25) is 0 Å². The van der Waals surface area contributed by atoms with E-state index in [0.717, 1.165) is 31.2 Å². The fourth-order valence-corrected chi connectivity index (χ4v) is 2.66. The van der Waals surface area contributed by atoms with Crippen molar-refractivity contribution in [3.8, 4) is 5.75 Å². The van der Waals surface area contributed by atoms with Gasteiger partial charge in [0.05, 0.1) is 6.61 Å². The van der Waals surface area contributed by atoms with Crippen molar-refractivity contribution < 1.29 is 4.74 Å². The molecule has 0 fully saturated rings. The van der Waals surface area contributed by atoms with Crippen molar-refractivity contribution in [1.29, 1.82) is 0 Å². The number of nitrogens with one attached hydrogen (secondary N) is 1. The second-order valence-corrected chi connectivity index (χ2v) is 5.61. The largest absolute Gasteiger partial charge is 0.493 e. The Hall–Kier alpha value is -1.45. The van der Waals surface area contributed by atoms with Gasteiger partial charge in [0.1, 0.15) is 5.75 Å². The van der Waals surface area contributed by atoms with E-state index in [1.807, 2.05) is 42.1 Å². The van der Waals surface area contributed by atoms with E-state index in [2.05, 4.69) is 36.5 Å². The summed E-state index contributed by atoms with van der Waals surface area (Å²) in [6.07, 6.45) is 0. The quantitative estimate of drug-likeness (QED) is 0.586. The Kier molecular flexibility index (Phi) is 6.48. The number of hydrogen-bond donors (Lipinski definition) is 1. The smallest absolute Gasteiger partial charge is 0.119 e. The fourth-order valence-electron chi connectivity index (χ4n) is 1.85. The molecule has 0 aliphatic rings. The first-order valence-electron chi connectivity index (χ1n) is 6.99. The van der Waals surface area contributed by atoms with E-state index in [1.165, 1.54) is 10.5 Å². The van der Waals surface area contributed by atoms with Gasteiger partial charge in [0.15, 0.2) is 0 Å². The Balaban J connectivity index is 1.73. The Morgan fingerprint density at radius 1 is 1.05 bits per heavy atom. The van der Waals surface area contributed by atoms with E-state index < -0.39 is 0 Å². The molecule has 3 heteroatoms.